The number of nitrogen functional groups attached to an aromatic ring is 1. The number of nitrogens with one attached hydrogen (secondary N) is 2. The average molecular weight is 574 g/mol. The molecule has 0 saturated carbocycles. The van der Waals surface area contributed by atoms with Crippen LogP contribution in [0.1, 0.15) is 47.2 Å². The molecule has 10 heteroatoms. The molecule has 0 saturated heterocycles. The number of ether oxygens (including phenoxy) is 4. The van der Waals surface area contributed by atoms with E-state index in [1.807, 2.05) is 31.2 Å². The van der Waals surface area contributed by atoms with Gasteiger partial charge in [0.1, 0.15) is 0 Å². The van der Waals surface area contributed by atoms with Crippen LogP contribution in [0.15, 0.2) is 78.6 Å². The van der Waals surface area contributed by atoms with Crippen LogP contribution in [0.5, 0.6) is 11.5 Å². The number of allylic oxidation sites excluding steroid dienone is 1. The van der Waals surface area contributed by atoms with E-state index in [1.165, 1.54) is 0 Å². The summed E-state index contributed by atoms with van der Waals surface area (Å²) in [7, 11) is 0. The van der Waals surface area contributed by atoms with Gasteiger partial charge in [-0.15, -0.1) is 0 Å². The molecule has 0 radical (unpaired) electrons. The highest BCUT2D eigenvalue weighted by atomic mass is 16.7. The maximum absolute atomic E-state index is 13.3. The molecule has 220 valence electrons. The molecule has 3 aromatic rings. The van der Waals surface area contributed by atoms with Crippen molar-refractivity contribution in [3.8, 4) is 11.5 Å². The number of nitrogens with two attached hydrogens (primary N) is 1. The highest BCUT2D eigenvalue weighted by Gasteiger charge is 2.38. The van der Waals surface area contributed by atoms with E-state index in [1.54, 1.807) is 48.5 Å². The van der Waals surface area contributed by atoms with E-state index in [-0.39, 0.29) is 49.4 Å². The number of hydrogen-bond acceptors (Lipinski definition) is 8. The first kappa shape index (κ1) is 29.0. The van der Waals surface area contributed by atoms with Gasteiger partial charge in [-0.2, -0.15) is 0 Å². The summed E-state index contributed by atoms with van der Waals surface area (Å²) in [5.74, 6) is 0.481. The molecule has 0 spiro atoms. The number of amides is 2. The zero-order valence-corrected chi connectivity index (χ0v) is 23.4. The molecule has 2 aliphatic heterocycles. The van der Waals surface area contributed by atoms with Crippen LogP contribution in [0.3, 0.4) is 0 Å². The molecule has 0 aliphatic carbocycles. The van der Waals surface area contributed by atoms with Gasteiger partial charge in [0.25, 0.3) is 11.8 Å². The monoisotopic (exact) mass is 573 g/mol. The third-order valence-corrected chi connectivity index (χ3v) is 7.29. The Morgan fingerprint density at radius 3 is 2.57 bits per heavy atom. The van der Waals surface area contributed by atoms with Crippen molar-refractivity contribution in [2.75, 3.05) is 31.1 Å². The van der Waals surface area contributed by atoms with Crippen LogP contribution in [0.2, 0.25) is 0 Å². The predicted octanol–water partition coefficient (Wildman–Crippen LogP) is 4.32. The number of aliphatic hydroxyl groups is 1. The first-order chi connectivity index (χ1) is 20.5. The minimum Gasteiger partial charge on any atom is -0.459 e. The van der Waals surface area contributed by atoms with Gasteiger partial charge in [-0.3, -0.25) is 9.59 Å². The molecule has 0 unspecified atom stereocenters. The van der Waals surface area contributed by atoms with Crippen molar-refractivity contribution >= 4 is 23.2 Å². The summed E-state index contributed by atoms with van der Waals surface area (Å²) in [6.07, 6.45) is 2.36. The smallest absolute Gasteiger partial charge is 0.286 e. The number of carbonyl (C=O) groups excluding carboxylic acids is 2. The van der Waals surface area contributed by atoms with Crippen LogP contribution in [-0.2, 0) is 20.8 Å². The molecule has 2 aliphatic rings. The maximum atomic E-state index is 13.3. The summed E-state index contributed by atoms with van der Waals surface area (Å²) < 4.78 is 23.1. The molecule has 3 aromatic carbocycles. The van der Waals surface area contributed by atoms with Gasteiger partial charge < -0.3 is 40.4 Å². The molecule has 3 atom stereocenters. The topological polar surface area (TPSA) is 141 Å². The summed E-state index contributed by atoms with van der Waals surface area (Å²) in [6, 6.07) is 19.7. The molecule has 2 heterocycles. The van der Waals surface area contributed by atoms with Crippen molar-refractivity contribution in [2.45, 2.75) is 38.5 Å². The van der Waals surface area contributed by atoms with Gasteiger partial charge in [-0.05, 0) is 73.4 Å². The number of carbonyl (C=O) groups is 2. The van der Waals surface area contributed by atoms with Gasteiger partial charge >= 0.3 is 0 Å². The predicted molar refractivity (Wildman–Crippen MR) is 157 cm³/mol. The lowest BCUT2D eigenvalue weighted by Crippen LogP contribution is -2.39. The zero-order chi connectivity index (χ0) is 29.5. The van der Waals surface area contributed by atoms with Gasteiger partial charge in [-0.25, -0.2) is 0 Å². The first-order valence-electron chi connectivity index (χ1n) is 14.0. The van der Waals surface area contributed by atoms with E-state index in [0.29, 0.717) is 47.9 Å². The summed E-state index contributed by atoms with van der Waals surface area (Å²) >= 11 is 0. The van der Waals surface area contributed by atoms with Gasteiger partial charge in [0.15, 0.2) is 17.3 Å². The fraction of sp³-hybridized carbons (Fsp3) is 0.312. The fourth-order valence-corrected chi connectivity index (χ4v) is 5.11. The van der Waals surface area contributed by atoms with Crippen LogP contribution in [0, 0.1) is 5.92 Å². The third kappa shape index (κ3) is 6.67. The van der Waals surface area contributed by atoms with E-state index in [9.17, 15) is 14.7 Å². The molecule has 5 N–H and O–H groups in total. The third-order valence-electron chi connectivity index (χ3n) is 7.29. The highest BCUT2D eigenvalue weighted by molar-refractivity contribution is 6.05. The van der Waals surface area contributed by atoms with E-state index in [4.69, 9.17) is 24.7 Å². The molecule has 0 aromatic heterocycles. The number of aliphatic hydroxyl groups excluding tert-OH is 1. The van der Waals surface area contributed by atoms with E-state index in [2.05, 4.69) is 10.6 Å². The van der Waals surface area contributed by atoms with Crippen LogP contribution in [0.4, 0.5) is 11.4 Å². The molecular formula is C32H35N3O7. The summed E-state index contributed by atoms with van der Waals surface area (Å²) in [6.45, 7) is 2.72. The van der Waals surface area contributed by atoms with E-state index >= 15 is 0 Å². The Morgan fingerprint density at radius 1 is 1.02 bits per heavy atom. The molecule has 0 bridgehead atoms. The number of para-hydroxylation sites is 2. The Balaban J connectivity index is 1.29. The number of benzene rings is 3. The number of hydrogen-bond donors (Lipinski definition) is 4. The van der Waals surface area contributed by atoms with Crippen LogP contribution < -0.4 is 25.8 Å². The zero-order valence-electron chi connectivity index (χ0n) is 23.4. The largest absolute Gasteiger partial charge is 0.459 e. The van der Waals surface area contributed by atoms with Crippen molar-refractivity contribution in [3.63, 3.8) is 0 Å². The average Bonchev–Trinajstić information content (AvgIpc) is 3.48. The minimum absolute atomic E-state index is 0.0427. The summed E-state index contributed by atoms with van der Waals surface area (Å²) in [5, 5.41) is 15.2. The Hall–Kier alpha value is -4.54. The summed E-state index contributed by atoms with van der Waals surface area (Å²) in [4.78, 5) is 25.9. The van der Waals surface area contributed by atoms with Gasteiger partial charge in [0.2, 0.25) is 13.1 Å². The molecular weight excluding hydrogens is 538 g/mol. The van der Waals surface area contributed by atoms with Crippen LogP contribution in [-0.4, -0.2) is 43.2 Å². The van der Waals surface area contributed by atoms with E-state index < -0.39 is 6.29 Å². The lowest BCUT2D eigenvalue weighted by atomic mass is 9.80. The van der Waals surface area contributed by atoms with Crippen LogP contribution in [0.25, 0.3) is 0 Å². The molecule has 42 heavy (non-hydrogen) atoms. The van der Waals surface area contributed by atoms with Crippen molar-refractivity contribution in [1.29, 1.82) is 0 Å². The Labute approximate surface area is 244 Å². The second-order valence-corrected chi connectivity index (χ2v) is 10.1. The maximum Gasteiger partial charge on any atom is 0.286 e. The second-order valence-electron chi connectivity index (χ2n) is 10.1. The molecule has 2 amide bonds. The molecule has 0 fully saturated rings. The van der Waals surface area contributed by atoms with Gasteiger partial charge in [-0.1, -0.05) is 30.3 Å². The van der Waals surface area contributed by atoms with Gasteiger partial charge in [0.05, 0.1) is 11.4 Å². The van der Waals surface area contributed by atoms with Crippen molar-refractivity contribution in [1.82, 2.24) is 5.32 Å². The Bertz CT molecular complexity index is 1440. The van der Waals surface area contributed by atoms with Gasteiger partial charge in [0, 0.05) is 37.2 Å². The van der Waals surface area contributed by atoms with Crippen molar-refractivity contribution in [3.05, 3.63) is 95.3 Å². The second kappa shape index (κ2) is 13.4. The van der Waals surface area contributed by atoms with Crippen molar-refractivity contribution < 1.29 is 33.6 Å². The van der Waals surface area contributed by atoms with E-state index in [0.717, 1.165) is 11.1 Å². The normalized spacial score (nSPS) is 19.0. The number of rotatable bonds is 11. The standard InChI is InChI=1S/C32H35N3O7/c1-2-39-32-23(6-5-15-36)24(22-13-14-27-28(16-22)41-19-40-27)17-29(42-32)31(38)34-18-20-9-11-21(12-10-20)30(37)35-26-8-4-3-7-25(26)33/h3-4,7-14,16-17,23-24,32,36H,2,5-6,15,18-19,33H2,1H3,(H,34,38)(H,35,37)/t23-,24+,32+/m1/s1. The first-order valence-corrected chi connectivity index (χ1v) is 14.0. The Morgan fingerprint density at radius 2 is 1.81 bits per heavy atom. The minimum atomic E-state index is -0.667. The lowest BCUT2D eigenvalue weighted by molar-refractivity contribution is -0.166. The fourth-order valence-electron chi connectivity index (χ4n) is 5.11. The van der Waals surface area contributed by atoms with Crippen molar-refractivity contribution in [2.24, 2.45) is 5.92 Å². The molecule has 5 rings (SSSR count). The SMILES string of the molecule is CCO[C@H]1OC(C(=O)NCc2ccc(C(=O)Nc3ccccc3N)cc2)=C[C@@H](c2ccc3c(c2)OCO3)[C@H]1CCCO. The Kier molecular flexibility index (Phi) is 9.25. The number of fused-ring (bicyclic) bond motifs is 1. The quantitative estimate of drug-likeness (QED) is 0.249. The van der Waals surface area contributed by atoms with Crippen LogP contribution >= 0.6 is 0 Å². The summed E-state index contributed by atoms with van der Waals surface area (Å²) in [5.41, 5.74) is 9.16. The molecule has 10 nitrogen and oxygen atoms in total. The highest BCUT2D eigenvalue weighted by Crippen LogP contribution is 2.42. The lowest BCUT2D eigenvalue weighted by Gasteiger charge is -2.37. The number of anilines is 2.